The third kappa shape index (κ3) is 2.77. The third-order valence-electron chi connectivity index (χ3n) is 1.49. The molecule has 0 rings (SSSR count). The first kappa shape index (κ1) is 10.2. The van der Waals surface area contributed by atoms with E-state index in [2.05, 4.69) is 52.6 Å². The Balaban J connectivity index is 4.14. The van der Waals surface area contributed by atoms with Crippen LogP contribution in [-0.4, -0.2) is 14.5 Å². The molecule has 0 aliphatic rings. The van der Waals surface area contributed by atoms with E-state index in [4.69, 9.17) is 11.6 Å². The van der Waals surface area contributed by atoms with Gasteiger partial charge in [-0.3, -0.25) is 0 Å². The van der Waals surface area contributed by atoms with Crippen molar-refractivity contribution < 1.29 is 0 Å². The first-order valence-electron chi connectivity index (χ1n) is 2.75. The van der Waals surface area contributed by atoms with E-state index < -0.39 is 0 Å². The summed E-state index contributed by atoms with van der Waals surface area (Å²) in [6, 6.07) is 0. The Kier molecular flexibility index (Phi) is 3.53. The molecule has 0 nitrogen and oxygen atoms in total. The molecular weight excluding hydrogens is 267 g/mol. The summed E-state index contributed by atoms with van der Waals surface area (Å²) >= 11 is 12.8. The molecule has 0 saturated heterocycles. The second-order valence-electron chi connectivity index (χ2n) is 2.80. The largest absolute Gasteiger partial charge is 0.125 e. The monoisotopic (exact) mass is 276 g/mol. The molecule has 0 aliphatic heterocycles. The lowest BCUT2D eigenvalue weighted by Gasteiger charge is -2.32. The zero-order valence-electron chi connectivity index (χ0n) is 5.84. The van der Waals surface area contributed by atoms with Crippen molar-refractivity contribution in [3.63, 3.8) is 0 Å². The minimum Gasteiger partial charge on any atom is -0.125 e. The Morgan fingerprint density at radius 2 is 1.56 bits per heavy atom. The molecule has 0 bridgehead atoms. The van der Waals surface area contributed by atoms with Gasteiger partial charge in [-0.2, -0.15) is 0 Å². The maximum absolute atomic E-state index is 5.70. The topological polar surface area (TPSA) is 0 Å². The van der Waals surface area contributed by atoms with Crippen LogP contribution in [0.15, 0.2) is 0 Å². The van der Waals surface area contributed by atoms with E-state index in [1.807, 2.05) is 0 Å². The van der Waals surface area contributed by atoms with E-state index in [-0.39, 0.29) is 8.65 Å². The van der Waals surface area contributed by atoms with Gasteiger partial charge in [-0.05, 0) is 20.8 Å². The summed E-state index contributed by atoms with van der Waals surface area (Å²) in [6.45, 7) is 6.24. The number of hydrogen-bond acceptors (Lipinski definition) is 0. The standard InChI is InChI=1S/C6H11Br2Cl/c1-5(2,7)6(3,8)4-9/h4H2,1-3H3. The molecule has 1 unspecified atom stereocenters. The van der Waals surface area contributed by atoms with Crippen molar-refractivity contribution in [3.05, 3.63) is 0 Å². The minimum absolute atomic E-state index is 0.0262. The Bertz CT molecular complexity index is 93.7. The molecule has 0 spiro atoms. The molecular formula is C6H11Br2Cl. The van der Waals surface area contributed by atoms with Gasteiger partial charge in [0.2, 0.25) is 0 Å². The van der Waals surface area contributed by atoms with Crippen LogP contribution in [0.2, 0.25) is 0 Å². The van der Waals surface area contributed by atoms with Crippen LogP contribution in [0.1, 0.15) is 20.8 Å². The van der Waals surface area contributed by atoms with Crippen LogP contribution >= 0.6 is 43.5 Å². The molecule has 0 aromatic carbocycles. The smallest absolute Gasteiger partial charge is 0.0512 e. The van der Waals surface area contributed by atoms with Gasteiger partial charge < -0.3 is 0 Å². The molecule has 0 heterocycles. The van der Waals surface area contributed by atoms with Gasteiger partial charge in [0.1, 0.15) is 0 Å². The van der Waals surface area contributed by atoms with Gasteiger partial charge in [0, 0.05) is 10.2 Å². The van der Waals surface area contributed by atoms with E-state index in [9.17, 15) is 0 Å². The number of hydrogen-bond donors (Lipinski definition) is 0. The van der Waals surface area contributed by atoms with Crippen LogP contribution < -0.4 is 0 Å². The van der Waals surface area contributed by atoms with Crippen molar-refractivity contribution in [2.45, 2.75) is 29.4 Å². The lowest BCUT2D eigenvalue weighted by molar-refractivity contribution is 0.581. The van der Waals surface area contributed by atoms with Crippen LogP contribution in [-0.2, 0) is 0 Å². The maximum Gasteiger partial charge on any atom is 0.0512 e. The molecule has 0 amide bonds. The van der Waals surface area contributed by atoms with Crippen molar-refractivity contribution in [1.82, 2.24) is 0 Å². The lowest BCUT2D eigenvalue weighted by Crippen LogP contribution is -2.38. The second-order valence-corrected chi connectivity index (χ2v) is 6.80. The Morgan fingerprint density at radius 1 is 1.22 bits per heavy atom. The van der Waals surface area contributed by atoms with E-state index in [0.29, 0.717) is 5.88 Å². The predicted octanol–water partition coefficient (Wildman–Crippen LogP) is 3.55. The fourth-order valence-corrected chi connectivity index (χ4v) is 0.795. The molecule has 0 N–H and O–H groups in total. The van der Waals surface area contributed by atoms with E-state index >= 15 is 0 Å². The molecule has 56 valence electrons. The summed E-state index contributed by atoms with van der Waals surface area (Å²) in [7, 11) is 0. The van der Waals surface area contributed by atoms with Gasteiger partial charge in [-0.25, -0.2) is 0 Å². The average Bonchev–Trinajstić information content (AvgIpc) is 1.64. The van der Waals surface area contributed by atoms with E-state index in [1.54, 1.807) is 0 Å². The summed E-state index contributed by atoms with van der Waals surface area (Å²) in [5, 5.41) is 0. The van der Waals surface area contributed by atoms with Gasteiger partial charge in [-0.1, -0.05) is 31.9 Å². The maximum atomic E-state index is 5.70. The van der Waals surface area contributed by atoms with Crippen molar-refractivity contribution in [1.29, 1.82) is 0 Å². The highest BCUT2D eigenvalue weighted by atomic mass is 79.9. The van der Waals surface area contributed by atoms with Gasteiger partial charge in [0.25, 0.3) is 0 Å². The third-order valence-corrected chi connectivity index (χ3v) is 5.03. The van der Waals surface area contributed by atoms with Gasteiger partial charge in [0.05, 0.1) is 4.32 Å². The zero-order valence-corrected chi connectivity index (χ0v) is 9.77. The van der Waals surface area contributed by atoms with Crippen molar-refractivity contribution in [2.24, 2.45) is 0 Å². The molecule has 0 fully saturated rings. The highest BCUT2D eigenvalue weighted by molar-refractivity contribution is 9.13. The molecule has 0 aromatic rings. The number of halogens is 3. The Labute approximate surface area is 78.6 Å². The summed E-state index contributed by atoms with van der Waals surface area (Å²) in [6.07, 6.45) is 0. The Morgan fingerprint density at radius 3 is 1.56 bits per heavy atom. The van der Waals surface area contributed by atoms with Crippen LogP contribution in [0, 0.1) is 0 Å². The molecule has 0 aromatic heterocycles. The average molecular weight is 278 g/mol. The molecule has 3 heteroatoms. The highest BCUT2D eigenvalue weighted by Crippen LogP contribution is 2.38. The molecule has 0 saturated carbocycles. The molecule has 1 atom stereocenters. The van der Waals surface area contributed by atoms with Gasteiger partial charge >= 0.3 is 0 Å². The highest BCUT2D eigenvalue weighted by Gasteiger charge is 2.35. The fourth-order valence-electron chi connectivity index (χ4n) is 0.159. The second kappa shape index (κ2) is 3.10. The zero-order chi connectivity index (χ0) is 7.71. The van der Waals surface area contributed by atoms with Crippen molar-refractivity contribution in [3.8, 4) is 0 Å². The van der Waals surface area contributed by atoms with Gasteiger partial charge in [0.15, 0.2) is 0 Å². The predicted molar refractivity (Wildman–Crippen MR) is 51.1 cm³/mol. The normalized spacial score (nSPS) is 19.3. The SMILES string of the molecule is CC(C)(Br)C(C)(Br)CCl. The van der Waals surface area contributed by atoms with Gasteiger partial charge in [-0.15, -0.1) is 11.6 Å². The first-order valence-corrected chi connectivity index (χ1v) is 4.87. The quantitative estimate of drug-likeness (QED) is 0.678. The first-order chi connectivity index (χ1) is 3.81. The molecule has 0 aliphatic carbocycles. The van der Waals surface area contributed by atoms with Crippen LogP contribution in [0.25, 0.3) is 0 Å². The van der Waals surface area contributed by atoms with Crippen LogP contribution in [0.4, 0.5) is 0 Å². The molecule has 9 heavy (non-hydrogen) atoms. The van der Waals surface area contributed by atoms with Crippen molar-refractivity contribution in [2.75, 3.05) is 5.88 Å². The summed E-state index contributed by atoms with van der Waals surface area (Å²) in [5.41, 5.74) is 0. The van der Waals surface area contributed by atoms with Crippen molar-refractivity contribution >= 4 is 43.5 Å². The summed E-state index contributed by atoms with van der Waals surface area (Å²) in [4.78, 5) is 0. The fraction of sp³-hybridized carbons (Fsp3) is 1.00. The van der Waals surface area contributed by atoms with E-state index in [1.165, 1.54) is 0 Å². The Hall–Kier alpha value is 1.25. The lowest BCUT2D eigenvalue weighted by atomic mass is 10.00. The number of alkyl halides is 3. The number of rotatable bonds is 2. The minimum atomic E-state index is -0.0262. The van der Waals surface area contributed by atoms with E-state index in [0.717, 1.165) is 0 Å². The van der Waals surface area contributed by atoms with Crippen LogP contribution in [0.5, 0.6) is 0 Å². The molecule has 0 radical (unpaired) electrons. The summed E-state index contributed by atoms with van der Waals surface area (Å²) < 4.78 is 0.0172. The summed E-state index contributed by atoms with van der Waals surface area (Å²) in [5.74, 6) is 0.602. The van der Waals surface area contributed by atoms with Crippen LogP contribution in [0.3, 0.4) is 0 Å².